The van der Waals surface area contributed by atoms with Crippen molar-refractivity contribution in [2.45, 2.75) is 6.92 Å². The summed E-state index contributed by atoms with van der Waals surface area (Å²) in [6.45, 7) is 1.89. The minimum atomic E-state index is -0.586. The average molecular weight is 405 g/mol. The van der Waals surface area contributed by atoms with E-state index in [1.165, 1.54) is 16.8 Å². The van der Waals surface area contributed by atoms with Gasteiger partial charge in [-0.05, 0) is 19.1 Å². The molecule has 0 N–H and O–H groups in total. The zero-order chi connectivity index (χ0) is 21.1. The molecule has 0 aliphatic rings. The SMILES string of the molecule is CCOC(=O)c1c(-c2ccccc2)noc1-c1cn(-c2ccc([N+](=O)[O-])cc2)nn1. The van der Waals surface area contributed by atoms with Gasteiger partial charge in [0.2, 0.25) is 5.76 Å². The van der Waals surface area contributed by atoms with Gasteiger partial charge in [0.15, 0.2) is 5.69 Å². The third kappa shape index (κ3) is 3.53. The van der Waals surface area contributed by atoms with Gasteiger partial charge in [-0.1, -0.05) is 40.7 Å². The van der Waals surface area contributed by atoms with Crippen LogP contribution in [0.25, 0.3) is 28.4 Å². The van der Waals surface area contributed by atoms with Gasteiger partial charge in [0, 0.05) is 17.7 Å². The van der Waals surface area contributed by atoms with E-state index in [9.17, 15) is 14.9 Å². The summed E-state index contributed by atoms with van der Waals surface area (Å²) in [6.07, 6.45) is 1.54. The van der Waals surface area contributed by atoms with E-state index < -0.39 is 10.9 Å². The maximum atomic E-state index is 12.6. The number of hydrogen-bond acceptors (Lipinski definition) is 8. The van der Waals surface area contributed by atoms with E-state index >= 15 is 0 Å². The molecule has 150 valence electrons. The minimum Gasteiger partial charge on any atom is -0.462 e. The predicted octanol–water partition coefficient (Wildman–Crippen LogP) is 3.67. The fourth-order valence-corrected chi connectivity index (χ4v) is 2.87. The number of nitro groups is 1. The summed E-state index contributed by atoms with van der Waals surface area (Å²) in [5.74, 6) is -0.460. The Balaban J connectivity index is 1.75. The van der Waals surface area contributed by atoms with Crippen molar-refractivity contribution in [3.8, 4) is 28.4 Å². The highest BCUT2D eigenvalue weighted by molar-refractivity contribution is 6.01. The first kappa shape index (κ1) is 19.0. The molecule has 4 rings (SSSR count). The quantitative estimate of drug-likeness (QED) is 0.270. The highest BCUT2D eigenvalue weighted by Gasteiger charge is 2.28. The highest BCUT2D eigenvalue weighted by atomic mass is 16.6. The molecule has 2 aromatic heterocycles. The zero-order valence-electron chi connectivity index (χ0n) is 15.8. The largest absolute Gasteiger partial charge is 0.462 e. The molecule has 0 aliphatic heterocycles. The van der Waals surface area contributed by atoms with Gasteiger partial charge >= 0.3 is 5.97 Å². The fraction of sp³-hybridized carbons (Fsp3) is 0.100. The van der Waals surface area contributed by atoms with Gasteiger partial charge in [0.05, 0.1) is 23.4 Å². The van der Waals surface area contributed by atoms with Crippen molar-refractivity contribution in [2.24, 2.45) is 0 Å². The third-order valence-electron chi connectivity index (χ3n) is 4.27. The molecule has 0 fully saturated rings. The lowest BCUT2D eigenvalue weighted by atomic mass is 10.1. The molecule has 0 aliphatic carbocycles. The number of hydrogen-bond donors (Lipinski definition) is 0. The number of aromatic nitrogens is 4. The number of benzene rings is 2. The Kier molecular flexibility index (Phi) is 5.04. The van der Waals surface area contributed by atoms with Crippen LogP contribution >= 0.6 is 0 Å². The molecular formula is C20H15N5O5. The van der Waals surface area contributed by atoms with Crippen LogP contribution < -0.4 is 0 Å². The fourth-order valence-electron chi connectivity index (χ4n) is 2.87. The number of rotatable bonds is 6. The normalized spacial score (nSPS) is 10.7. The lowest BCUT2D eigenvalue weighted by Crippen LogP contribution is -2.06. The minimum absolute atomic E-state index is 0.0357. The molecular weight excluding hydrogens is 390 g/mol. The van der Waals surface area contributed by atoms with E-state index in [1.54, 1.807) is 37.4 Å². The second-order valence-corrected chi connectivity index (χ2v) is 6.14. The van der Waals surface area contributed by atoms with Gasteiger partial charge in [-0.25, -0.2) is 9.48 Å². The Labute approximate surface area is 169 Å². The van der Waals surface area contributed by atoms with Crippen LogP contribution in [0.4, 0.5) is 5.69 Å². The Morgan fingerprint density at radius 3 is 2.57 bits per heavy atom. The van der Waals surface area contributed by atoms with Crippen LogP contribution in [-0.4, -0.2) is 37.7 Å². The standard InChI is InChI=1S/C20H15N5O5/c1-2-29-20(26)17-18(13-6-4-3-5-7-13)22-30-19(17)16-12-24(23-21-16)14-8-10-15(11-9-14)25(27)28/h3-12H,2H2,1H3. The molecule has 0 unspecified atom stereocenters. The maximum Gasteiger partial charge on any atom is 0.344 e. The molecule has 0 saturated heterocycles. The van der Waals surface area contributed by atoms with Crippen LogP contribution in [0.5, 0.6) is 0 Å². The Morgan fingerprint density at radius 2 is 1.90 bits per heavy atom. The van der Waals surface area contributed by atoms with E-state index in [0.29, 0.717) is 16.9 Å². The van der Waals surface area contributed by atoms with E-state index in [1.807, 2.05) is 18.2 Å². The van der Waals surface area contributed by atoms with Crippen LogP contribution in [0.15, 0.2) is 65.3 Å². The summed E-state index contributed by atoms with van der Waals surface area (Å²) in [6, 6.07) is 14.9. The molecule has 0 spiro atoms. The summed E-state index contributed by atoms with van der Waals surface area (Å²) in [4.78, 5) is 23.0. The molecule has 10 nitrogen and oxygen atoms in total. The van der Waals surface area contributed by atoms with Crippen LogP contribution in [0.2, 0.25) is 0 Å². The monoisotopic (exact) mass is 405 g/mol. The summed E-state index contributed by atoms with van der Waals surface area (Å²) in [5, 5.41) is 23.0. The highest BCUT2D eigenvalue weighted by Crippen LogP contribution is 2.32. The van der Waals surface area contributed by atoms with E-state index in [4.69, 9.17) is 9.26 Å². The third-order valence-corrected chi connectivity index (χ3v) is 4.27. The number of nitrogens with zero attached hydrogens (tertiary/aromatic N) is 5. The van der Waals surface area contributed by atoms with Crippen molar-refractivity contribution in [2.75, 3.05) is 6.61 Å². The van der Waals surface area contributed by atoms with Gasteiger partial charge in [-0.3, -0.25) is 10.1 Å². The molecule has 0 radical (unpaired) electrons. The van der Waals surface area contributed by atoms with Crippen molar-refractivity contribution in [3.63, 3.8) is 0 Å². The van der Waals surface area contributed by atoms with Gasteiger partial charge in [-0.15, -0.1) is 5.10 Å². The number of nitro benzene ring substituents is 1. The second kappa shape index (κ2) is 7.95. The number of ether oxygens (including phenoxy) is 1. The molecule has 2 aromatic carbocycles. The first-order chi connectivity index (χ1) is 14.6. The molecule has 2 heterocycles. The maximum absolute atomic E-state index is 12.6. The van der Waals surface area contributed by atoms with Crippen molar-refractivity contribution >= 4 is 11.7 Å². The van der Waals surface area contributed by atoms with E-state index in [2.05, 4.69) is 15.5 Å². The van der Waals surface area contributed by atoms with Crippen molar-refractivity contribution in [1.29, 1.82) is 0 Å². The molecule has 10 heteroatoms. The summed E-state index contributed by atoms with van der Waals surface area (Å²) < 4.78 is 12.0. The summed E-state index contributed by atoms with van der Waals surface area (Å²) in [7, 11) is 0. The van der Waals surface area contributed by atoms with Crippen LogP contribution in [-0.2, 0) is 4.74 Å². The predicted molar refractivity (Wildman–Crippen MR) is 105 cm³/mol. The van der Waals surface area contributed by atoms with Crippen LogP contribution in [0, 0.1) is 10.1 Å². The molecule has 0 amide bonds. The Morgan fingerprint density at radius 1 is 1.17 bits per heavy atom. The molecule has 0 bridgehead atoms. The topological polar surface area (TPSA) is 126 Å². The second-order valence-electron chi connectivity index (χ2n) is 6.14. The first-order valence-corrected chi connectivity index (χ1v) is 8.98. The van der Waals surface area contributed by atoms with Gasteiger partial charge in [0.1, 0.15) is 11.3 Å². The molecule has 0 atom stereocenters. The van der Waals surface area contributed by atoms with Crippen LogP contribution in [0.1, 0.15) is 17.3 Å². The lowest BCUT2D eigenvalue weighted by molar-refractivity contribution is -0.384. The van der Waals surface area contributed by atoms with Crippen molar-refractivity contribution < 1.29 is 19.0 Å². The molecule has 4 aromatic rings. The van der Waals surface area contributed by atoms with E-state index in [0.717, 1.165) is 0 Å². The van der Waals surface area contributed by atoms with Crippen molar-refractivity contribution in [3.05, 3.63) is 76.5 Å². The van der Waals surface area contributed by atoms with E-state index in [-0.39, 0.29) is 29.3 Å². The molecule has 30 heavy (non-hydrogen) atoms. The number of esters is 1. The summed E-state index contributed by atoms with van der Waals surface area (Å²) >= 11 is 0. The number of carbonyl (C=O) groups excluding carboxylic acids is 1. The first-order valence-electron chi connectivity index (χ1n) is 8.98. The smallest absolute Gasteiger partial charge is 0.344 e. The van der Waals surface area contributed by atoms with Crippen molar-refractivity contribution in [1.82, 2.24) is 20.2 Å². The average Bonchev–Trinajstić information content (AvgIpc) is 3.42. The Hall–Kier alpha value is -4.34. The summed E-state index contributed by atoms with van der Waals surface area (Å²) in [5.41, 5.74) is 1.98. The zero-order valence-corrected chi connectivity index (χ0v) is 15.8. The lowest BCUT2D eigenvalue weighted by Gasteiger charge is -2.03. The Bertz CT molecular complexity index is 1200. The van der Waals surface area contributed by atoms with Crippen LogP contribution in [0.3, 0.4) is 0 Å². The van der Waals surface area contributed by atoms with Gasteiger partial charge in [-0.2, -0.15) is 0 Å². The molecule has 0 saturated carbocycles. The number of carbonyl (C=O) groups is 1. The number of non-ortho nitro benzene ring substituents is 1. The van der Waals surface area contributed by atoms with Gasteiger partial charge < -0.3 is 9.26 Å². The van der Waals surface area contributed by atoms with Gasteiger partial charge in [0.25, 0.3) is 5.69 Å².